The van der Waals surface area contributed by atoms with E-state index < -0.39 is 34.4 Å². The SMILES string of the molecule is CC(C)(C)OC(=O)C1(O/N=C(\C(=O)O)c2csc(NC(c3ccccc3)(c3ccccc3)c3ccccc3)n2)CC(Cl)C1. The first-order valence-corrected chi connectivity index (χ1v) is 15.1. The molecule has 1 fully saturated rings. The van der Waals surface area contributed by atoms with Crippen LogP contribution in [0.2, 0.25) is 0 Å². The second-order valence-corrected chi connectivity index (χ2v) is 12.8. The highest BCUT2D eigenvalue weighted by atomic mass is 35.5. The Hall–Kier alpha value is -4.21. The highest BCUT2D eigenvalue weighted by Crippen LogP contribution is 2.42. The smallest absolute Gasteiger partial charge is 0.360 e. The third kappa shape index (κ3) is 6.43. The number of rotatable bonds is 10. The maximum Gasteiger partial charge on any atom is 0.360 e. The molecule has 0 unspecified atom stereocenters. The summed E-state index contributed by atoms with van der Waals surface area (Å²) in [6.07, 6.45) is 0.301. The number of hydrogen-bond donors (Lipinski definition) is 2. The van der Waals surface area contributed by atoms with E-state index in [1.165, 1.54) is 11.3 Å². The van der Waals surface area contributed by atoms with Crippen LogP contribution in [-0.2, 0) is 24.7 Å². The largest absolute Gasteiger partial charge is 0.476 e. The second-order valence-electron chi connectivity index (χ2n) is 11.3. The molecule has 1 heterocycles. The molecule has 43 heavy (non-hydrogen) atoms. The Bertz CT molecular complexity index is 1500. The number of thiazole rings is 1. The number of carboxylic acids is 1. The zero-order chi connectivity index (χ0) is 30.7. The maximum absolute atomic E-state index is 12.9. The number of alkyl halides is 1. The predicted molar refractivity (Wildman–Crippen MR) is 168 cm³/mol. The van der Waals surface area contributed by atoms with Gasteiger partial charge in [0.1, 0.15) is 16.8 Å². The number of aromatic nitrogens is 1. The summed E-state index contributed by atoms with van der Waals surface area (Å²) in [5.74, 6) is -1.98. The van der Waals surface area contributed by atoms with E-state index in [1.807, 2.05) is 91.0 Å². The van der Waals surface area contributed by atoms with E-state index in [1.54, 1.807) is 26.2 Å². The summed E-state index contributed by atoms with van der Waals surface area (Å²) in [5.41, 5.74) is -0.501. The summed E-state index contributed by atoms with van der Waals surface area (Å²) >= 11 is 7.43. The standard InChI is InChI=1S/C33H32ClN3O5S/c1-31(2,3)41-29(40)32(19-25(34)20-32)42-37-27(28(38)39)26-21-43-30(35-26)36-33(22-13-7-4-8-14-22,23-15-9-5-10-16-23)24-17-11-6-12-18-24/h4-18,21,25H,19-20H2,1-3H3,(H,35,36)(H,38,39)/b37-27-. The molecule has 0 atom stereocenters. The van der Waals surface area contributed by atoms with Gasteiger partial charge < -0.3 is 20.0 Å². The number of benzene rings is 3. The summed E-state index contributed by atoms with van der Waals surface area (Å²) in [5, 5.41) is 19.4. The Balaban J connectivity index is 1.52. The first-order chi connectivity index (χ1) is 20.5. The normalized spacial score (nSPS) is 18.8. The fourth-order valence-electron chi connectivity index (χ4n) is 5.02. The molecular formula is C33H32ClN3O5S. The van der Waals surface area contributed by atoms with Gasteiger partial charge in [0, 0.05) is 23.6 Å². The van der Waals surface area contributed by atoms with Gasteiger partial charge in [-0.3, -0.25) is 0 Å². The van der Waals surface area contributed by atoms with Crippen LogP contribution in [0.4, 0.5) is 5.13 Å². The minimum atomic E-state index is -1.46. The zero-order valence-corrected chi connectivity index (χ0v) is 25.6. The van der Waals surface area contributed by atoms with Gasteiger partial charge in [-0.15, -0.1) is 22.9 Å². The Labute approximate surface area is 259 Å². The molecule has 2 N–H and O–H groups in total. The molecule has 0 spiro atoms. The number of nitrogens with one attached hydrogen (secondary N) is 1. The highest BCUT2D eigenvalue weighted by molar-refractivity contribution is 7.14. The molecule has 10 heteroatoms. The Morgan fingerprint density at radius 3 is 1.84 bits per heavy atom. The molecule has 3 aromatic carbocycles. The number of hydrogen-bond acceptors (Lipinski definition) is 8. The van der Waals surface area contributed by atoms with Crippen molar-refractivity contribution in [2.75, 3.05) is 5.32 Å². The number of nitrogens with zero attached hydrogens (tertiary/aromatic N) is 2. The lowest BCUT2D eigenvalue weighted by molar-refractivity contribution is -0.195. The summed E-state index contributed by atoms with van der Waals surface area (Å²) in [4.78, 5) is 35.5. The summed E-state index contributed by atoms with van der Waals surface area (Å²) in [7, 11) is 0. The van der Waals surface area contributed by atoms with E-state index in [0.717, 1.165) is 16.7 Å². The minimum Gasteiger partial charge on any atom is -0.476 e. The minimum absolute atomic E-state index is 0.0872. The lowest BCUT2D eigenvalue weighted by atomic mass is 9.77. The molecule has 1 saturated carbocycles. The predicted octanol–water partition coefficient (Wildman–Crippen LogP) is 6.83. The van der Waals surface area contributed by atoms with Crippen molar-refractivity contribution in [3.8, 4) is 0 Å². The van der Waals surface area contributed by atoms with Gasteiger partial charge in [-0.1, -0.05) is 96.2 Å². The van der Waals surface area contributed by atoms with E-state index in [0.29, 0.717) is 5.13 Å². The topological polar surface area (TPSA) is 110 Å². The van der Waals surface area contributed by atoms with Crippen LogP contribution in [-0.4, -0.2) is 44.3 Å². The molecule has 5 rings (SSSR count). The number of esters is 1. The van der Waals surface area contributed by atoms with Gasteiger partial charge in [0.25, 0.3) is 0 Å². The first kappa shape index (κ1) is 30.3. The van der Waals surface area contributed by atoms with Crippen molar-refractivity contribution in [1.82, 2.24) is 4.98 Å². The number of ether oxygens (including phenoxy) is 1. The number of carboxylic acid groups (broad SMARTS) is 1. The van der Waals surface area contributed by atoms with Crippen LogP contribution in [0.15, 0.2) is 102 Å². The van der Waals surface area contributed by atoms with E-state index in [-0.39, 0.29) is 23.9 Å². The van der Waals surface area contributed by atoms with Crippen molar-refractivity contribution < 1.29 is 24.3 Å². The van der Waals surface area contributed by atoms with Crippen LogP contribution < -0.4 is 5.32 Å². The van der Waals surface area contributed by atoms with E-state index in [9.17, 15) is 14.7 Å². The van der Waals surface area contributed by atoms with Gasteiger partial charge in [-0.25, -0.2) is 14.6 Å². The number of carbonyl (C=O) groups is 2. The molecule has 0 saturated heterocycles. The molecule has 0 radical (unpaired) electrons. The zero-order valence-electron chi connectivity index (χ0n) is 24.0. The van der Waals surface area contributed by atoms with E-state index >= 15 is 0 Å². The van der Waals surface area contributed by atoms with Crippen molar-refractivity contribution in [2.45, 2.75) is 55.7 Å². The molecule has 4 aromatic rings. The Morgan fingerprint density at radius 2 is 1.42 bits per heavy atom. The third-order valence-corrected chi connectivity index (χ3v) is 8.12. The quantitative estimate of drug-likeness (QED) is 0.0659. The van der Waals surface area contributed by atoms with Crippen LogP contribution in [0, 0.1) is 0 Å². The number of aliphatic carboxylic acids is 1. The Morgan fingerprint density at radius 1 is 0.930 bits per heavy atom. The van der Waals surface area contributed by atoms with Gasteiger partial charge in [0.2, 0.25) is 11.3 Å². The van der Waals surface area contributed by atoms with Gasteiger partial charge in [0.15, 0.2) is 5.13 Å². The number of carbonyl (C=O) groups excluding carboxylic acids is 1. The number of halogens is 1. The lowest BCUT2D eigenvalue weighted by Crippen LogP contribution is -2.55. The first-order valence-electron chi connectivity index (χ1n) is 13.8. The van der Waals surface area contributed by atoms with Crippen LogP contribution >= 0.6 is 22.9 Å². The maximum atomic E-state index is 12.9. The monoisotopic (exact) mass is 617 g/mol. The van der Waals surface area contributed by atoms with Crippen molar-refractivity contribution >= 4 is 45.7 Å². The van der Waals surface area contributed by atoms with E-state index in [2.05, 4.69) is 15.5 Å². The molecule has 1 aliphatic carbocycles. The molecule has 1 aromatic heterocycles. The second kappa shape index (κ2) is 12.2. The van der Waals surface area contributed by atoms with Gasteiger partial charge in [-0.2, -0.15) is 0 Å². The van der Waals surface area contributed by atoms with Crippen molar-refractivity contribution in [3.05, 3.63) is 119 Å². The van der Waals surface area contributed by atoms with Gasteiger partial charge in [0.05, 0.1) is 0 Å². The highest BCUT2D eigenvalue weighted by Gasteiger charge is 2.55. The van der Waals surface area contributed by atoms with Gasteiger partial charge >= 0.3 is 11.9 Å². The number of oxime groups is 1. The molecule has 1 aliphatic rings. The molecule has 8 nitrogen and oxygen atoms in total. The summed E-state index contributed by atoms with van der Waals surface area (Å²) in [6.45, 7) is 5.22. The molecule has 0 bridgehead atoms. The average Bonchev–Trinajstić information content (AvgIpc) is 3.43. The van der Waals surface area contributed by atoms with Crippen molar-refractivity contribution in [2.24, 2.45) is 5.16 Å². The fourth-order valence-corrected chi connectivity index (χ4v) is 6.26. The summed E-state index contributed by atoms with van der Waals surface area (Å²) in [6, 6.07) is 30.0. The molecular weight excluding hydrogens is 586 g/mol. The Kier molecular flexibility index (Phi) is 8.57. The van der Waals surface area contributed by atoms with Crippen LogP contribution in [0.25, 0.3) is 0 Å². The fraction of sp³-hybridized carbons (Fsp3) is 0.273. The van der Waals surface area contributed by atoms with Gasteiger partial charge in [-0.05, 0) is 37.5 Å². The molecule has 0 aliphatic heterocycles. The van der Waals surface area contributed by atoms with Crippen LogP contribution in [0.5, 0.6) is 0 Å². The van der Waals surface area contributed by atoms with Crippen molar-refractivity contribution in [3.63, 3.8) is 0 Å². The van der Waals surface area contributed by atoms with E-state index in [4.69, 9.17) is 21.2 Å². The molecule has 222 valence electrons. The van der Waals surface area contributed by atoms with Crippen LogP contribution in [0.3, 0.4) is 0 Å². The van der Waals surface area contributed by atoms with Crippen LogP contribution in [0.1, 0.15) is 56.0 Å². The molecule has 0 amide bonds. The van der Waals surface area contributed by atoms with Crippen molar-refractivity contribution in [1.29, 1.82) is 0 Å². The number of anilines is 1. The lowest BCUT2D eigenvalue weighted by Gasteiger charge is -2.41. The third-order valence-electron chi connectivity index (χ3n) is 7.05. The average molecular weight is 618 g/mol. The summed E-state index contributed by atoms with van der Waals surface area (Å²) < 4.78 is 5.51.